The summed E-state index contributed by atoms with van der Waals surface area (Å²) < 4.78 is 5.52. The summed E-state index contributed by atoms with van der Waals surface area (Å²) in [5.74, 6) is 0.571. The lowest BCUT2D eigenvalue weighted by Gasteiger charge is -2.26. The fourth-order valence-electron chi connectivity index (χ4n) is 3.10. The highest BCUT2D eigenvalue weighted by Gasteiger charge is 2.24. The van der Waals surface area contributed by atoms with E-state index in [-0.39, 0.29) is 18.6 Å². The molecule has 1 atom stereocenters. The Kier molecular flexibility index (Phi) is 4.63. The lowest BCUT2D eigenvalue weighted by molar-refractivity contribution is 0.0756. The van der Waals surface area contributed by atoms with Gasteiger partial charge < -0.3 is 14.4 Å². The maximum absolute atomic E-state index is 12.9. The van der Waals surface area contributed by atoms with Crippen LogP contribution in [0.5, 0.6) is 0 Å². The van der Waals surface area contributed by atoms with Crippen LogP contribution in [0.2, 0.25) is 0 Å². The number of para-hydroxylation sites is 1. The van der Waals surface area contributed by atoms with E-state index in [9.17, 15) is 9.90 Å². The van der Waals surface area contributed by atoms with Crippen molar-refractivity contribution in [2.24, 2.45) is 0 Å². The van der Waals surface area contributed by atoms with Gasteiger partial charge in [-0.15, -0.1) is 0 Å². The van der Waals surface area contributed by atoms with Crippen molar-refractivity contribution in [3.8, 4) is 0 Å². The van der Waals surface area contributed by atoms with Crippen LogP contribution in [0.15, 0.2) is 22.6 Å². The Morgan fingerprint density at radius 1 is 1.35 bits per heavy atom. The summed E-state index contributed by atoms with van der Waals surface area (Å²) in [5, 5.41) is 9.31. The van der Waals surface area contributed by atoms with E-state index < -0.39 is 0 Å². The van der Waals surface area contributed by atoms with E-state index in [1.807, 2.05) is 30.0 Å². The third-order valence-corrected chi connectivity index (χ3v) is 4.46. The van der Waals surface area contributed by atoms with Crippen LogP contribution in [0.3, 0.4) is 0 Å². The van der Waals surface area contributed by atoms with E-state index in [4.69, 9.17) is 4.42 Å². The first-order valence-corrected chi connectivity index (χ1v) is 8.10. The zero-order chi connectivity index (χ0) is 16.4. The van der Waals surface area contributed by atoms with Crippen molar-refractivity contribution in [1.29, 1.82) is 0 Å². The quantitative estimate of drug-likeness (QED) is 0.932. The third kappa shape index (κ3) is 3.23. The standard InChI is InChI=1S/C17H23N3O3/c1-12(11-21)19-7-4-8-20(10-9-19)17(22)14-5-3-6-15-16(14)18-13(2)23-15/h3,5-6,12,21H,4,7-11H2,1-2H3. The van der Waals surface area contributed by atoms with Gasteiger partial charge in [0.05, 0.1) is 12.2 Å². The van der Waals surface area contributed by atoms with Crippen LogP contribution in [0.25, 0.3) is 11.1 Å². The number of carbonyl (C=O) groups is 1. The molecule has 1 fully saturated rings. The highest BCUT2D eigenvalue weighted by Crippen LogP contribution is 2.21. The molecule has 1 aliphatic rings. The fraction of sp³-hybridized carbons (Fsp3) is 0.529. The summed E-state index contributed by atoms with van der Waals surface area (Å²) in [4.78, 5) is 21.4. The van der Waals surface area contributed by atoms with Gasteiger partial charge >= 0.3 is 0 Å². The molecule has 1 N–H and O–H groups in total. The minimum absolute atomic E-state index is 0.00222. The topological polar surface area (TPSA) is 69.8 Å². The molecular formula is C17H23N3O3. The number of amides is 1. The maximum Gasteiger partial charge on any atom is 0.256 e. The summed E-state index contributed by atoms with van der Waals surface area (Å²) in [6, 6.07) is 5.61. The van der Waals surface area contributed by atoms with Crippen molar-refractivity contribution in [3.05, 3.63) is 29.7 Å². The highest BCUT2D eigenvalue weighted by atomic mass is 16.3. The molecule has 0 spiro atoms. The van der Waals surface area contributed by atoms with Crippen LogP contribution in [0.1, 0.15) is 29.6 Å². The molecular weight excluding hydrogens is 294 g/mol. The average Bonchev–Trinajstić information content (AvgIpc) is 2.78. The van der Waals surface area contributed by atoms with Crippen LogP contribution < -0.4 is 0 Å². The summed E-state index contributed by atoms with van der Waals surface area (Å²) in [6.45, 7) is 7.01. The van der Waals surface area contributed by atoms with E-state index in [1.165, 1.54) is 0 Å². The number of aliphatic hydroxyl groups excluding tert-OH is 1. The molecule has 1 aliphatic heterocycles. The van der Waals surface area contributed by atoms with Crippen LogP contribution in [-0.4, -0.2) is 64.6 Å². The summed E-state index contributed by atoms with van der Waals surface area (Å²) in [6.07, 6.45) is 0.907. The molecule has 3 rings (SSSR count). The van der Waals surface area contributed by atoms with Crippen molar-refractivity contribution in [2.45, 2.75) is 26.3 Å². The molecule has 2 aromatic rings. The highest BCUT2D eigenvalue weighted by molar-refractivity contribution is 6.04. The summed E-state index contributed by atoms with van der Waals surface area (Å²) >= 11 is 0. The molecule has 0 bridgehead atoms. The minimum Gasteiger partial charge on any atom is -0.441 e. The Balaban J connectivity index is 1.79. The van der Waals surface area contributed by atoms with Gasteiger partial charge in [0, 0.05) is 39.1 Å². The van der Waals surface area contributed by atoms with Gasteiger partial charge in [0.2, 0.25) is 0 Å². The lowest BCUT2D eigenvalue weighted by Crippen LogP contribution is -2.39. The largest absolute Gasteiger partial charge is 0.441 e. The number of hydrogen-bond donors (Lipinski definition) is 1. The molecule has 6 nitrogen and oxygen atoms in total. The molecule has 0 saturated carbocycles. The van der Waals surface area contributed by atoms with Gasteiger partial charge in [-0.3, -0.25) is 9.69 Å². The second-order valence-electron chi connectivity index (χ2n) is 6.10. The molecule has 1 saturated heterocycles. The van der Waals surface area contributed by atoms with Crippen LogP contribution in [0.4, 0.5) is 0 Å². The molecule has 23 heavy (non-hydrogen) atoms. The third-order valence-electron chi connectivity index (χ3n) is 4.46. The van der Waals surface area contributed by atoms with E-state index >= 15 is 0 Å². The summed E-state index contributed by atoms with van der Waals surface area (Å²) in [5.41, 5.74) is 1.89. The second kappa shape index (κ2) is 6.68. The Morgan fingerprint density at radius 2 is 2.17 bits per heavy atom. The zero-order valence-electron chi connectivity index (χ0n) is 13.7. The SMILES string of the molecule is Cc1nc2c(C(=O)N3CCCN(C(C)CO)CC3)cccc2o1. The van der Waals surface area contributed by atoms with Gasteiger partial charge in [0.1, 0.15) is 5.52 Å². The first-order chi connectivity index (χ1) is 11.1. The number of oxazole rings is 1. The van der Waals surface area contributed by atoms with Crippen LogP contribution in [0, 0.1) is 6.92 Å². The number of aryl methyl sites for hydroxylation is 1. The van der Waals surface area contributed by atoms with Crippen molar-refractivity contribution in [3.63, 3.8) is 0 Å². The second-order valence-corrected chi connectivity index (χ2v) is 6.10. The van der Waals surface area contributed by atoms with Gasteiger partial charge in [-0.2, -0.15) is 0 Å². The molecule has 124 valence electrons. The lowest BCUT2D eigenvalue weighted by atomic mass is 10.1. The number of aromatic nitrogens is 1. The first-order valence-electron chi connectivity index (χ1n) is 8.10. The molecule has 0 aliphatic carbocycles. The number of benzene rings is 1. The number of rotatable bonds is 3. The molecule has 1 aromatic heterocycles. The number of fused-ring (bicyclic) bond motifs is 1. The zero-order valence-corrected chi connectivity index (χ0v) is 13.7. The Labute approximate surface area is 135 Å². The molecule has 6 heteroatoms. The van der Waals surface area contributed by atoms with Crippen molar-refractivity contribution in [1.82, 2.24) is 14.8 Å². The van der Waals surface area contributed by atoms with E-state index in [0.29, 0.717) is 29.1 Å². The van der Waals surface area contributed by atoms with Crippen molar-refractivity contribution < 1.29 is 14.3 Å². The molecule has 2 heterocycles. The molecule has 1 aromatic carbocycles. The Bertz CT molecular complexity index is 697. The minimum atomic E-state index is 0.00222. The normalized spacial score (nSPS) is 18.1. The van der Waals surface area contributed by atoms with Crippen molar-refractivity contribution >= 4 is 17.0 Å². The Morgan fingerprint density at radius 3 is 2.96 bits per heavy atom. The average molecular weight is 317 g/mol. The molecule has 1 unspecified atom stereocenters. The number of nitrogens with zero attached hydrogens (tertiary/aromatic N) is 3. The molecule has 0 radical (unpaired) electrons. The van der Waals surface area contributed by atoms with Crippen LogP contribution in [-0.2, 0) is 0 Å². The van der Waals surface area contributed by atoms with E-state index in [1.54, 1.807) is 6.92 Å². The van der Waals surface area contributed by atoms with Gasteiger partial charge in [-0.1, -0.05) is 6.07 Å². The monoisotopic (exact) mass is 317 g/mol. The summed E-state index contributed by atoms with van der Waals surface area (Å²) in [7, 11) is 0. The van der Waals surface area contributed by atoms with E-state index in [2.05, 4.69) is 9.88 Å². The predicted molar refractivity (Wildman–Crippen MR) is 87.4 cm³/mol. The van der Waals surface area contributed by atoms with Gasteiger partial charge in [0.15, 0.2) is 11.5 Å². The fourth-order valence-corrected chi connectivity index (χ4v) is 3.10. The Hall–Kier alpha value is -1.92. The van der Waals surface area contributed by atoms with Gasteiger partial charge in [-0.05, 0) is 25.5 Å². The van der Waals surface area contributed by atoms with E-state index in [0.717, 1.165) is 26.1 Å². The number of hydrogen-bond acceptors (Lipinski definition) is 5. The maximum atomic E-state index is 12.9. The molecule has 1 amide bonds. The first kappa shape index (κ1) is 16.0. The van der Waals surface area contributed by atoms with Crippen LogP contribution >= 0.6 is 0 Å². The number of aliphatic hydroxyl groups is 1. The number of carbonyl (C=O) groups excluding carboxylic acids is 1. The van der Waals surface area contributed by atoms with Gasteiger partial charge in [0.25, 0.3) is 5.91 Å². The van der Waals surface area contributed by atoms with Crippen molar-refractivity contribution in [2.75, 3.05) is 32.8 Å². The predicted octanol–water partition coefficient (Wildman–Crippen LogP) is 1.66. The van der Waals surface area contributed by atoms with Gasteiger partial charge in [-0.25, -0.2) is 4.98 Å². The smallest absolute Gasteiger partial charge is 0.256 e.